The molecule has 10 atom stereocenters. The van der Waals surface area contributed by atoms with Crippen molar-refractivity contribution in [1.29, 1.82) is 0 Å². The minimum absolute atomic E-state index is 0.299. The molecule has 7 aromatic carbocycles. The molecule has 2 saturated heterocycles. The van der Waals surface area contributed by atoms with E-state index >= 15 is 0 Å². The maximum atomic E-state index is 6.95. The zero-order chi connectivity index (χ0) is 48.6. The van der Waals surface area contributed by atoms with Crippen molar-refractivity contribution < 1.29 is 47.4 Å². The molecule has 71 heavy (non-hydrogen) atoms. The molecule has 0 bridgehead atoms. The molecular formula is C61H64O10. The molecule has 0 radical (unpaired) electrons. The van der Waals surface area contributed by atoms with Crippen molar-refractivity contribution in [2.24, 2.45) is 0 Å². The Morgan fingerprint density at radius 1 is 0.296 bits per heavy atom. The molecule has 10 nitrogen and oxygen atoms in total. The molecule has 0 N–H and O–H groups in total. The summed E-state index contributed by atoms with van der Waals surface area (Å²) in [4.78, 5) is 0. The summed E-state index contributed by atoms with van der Waals surface area (Å²) < 4.78 is 68.3. The van der Waals surface area contributed by atoms with Crippen LogP contribution in [0.2, 0.25) is 0 Å². The molecule has 0 spiro atoms. The molecule has 2 aliphatic rings. The van der Waals surface area contributed by atoms with Crippen molar-refractivity contribution in [3.05, 3.63) is 239 Å². The van der Waals surface area contributed by atoms with Crippen LogP contribution >= 0.6 is 0 Å². The fourth-order valence-corrected chi connectivity index (χ4v) is 9.03. The minimum Gasteiger partial charge on any atom is -0.462 e. The van der Waals surface area contributed by atoms with Gasteiger partial charge in [0.2, 0.25) is 12.6 Å². The van der Waals surface area contributed by atoms with Crippen molar-refractivity contribution in [1.82, 2.24) is 0 Å². The normalized spacial score (nSPS) is 24.3. The van der Waals surface area contributed by atoms with Gasteiger partial charge in [0.1, 0.15) is 48.1 Å². The zero-order valence-corrected chi connectivity index (χ0v) is 40.7. The standard InChI is InChI=1S/C61H64O10/c1-43-52(70-60-58(66-41-50-31-18-8-19-32-50)56(64-39-48-27-14-6-15-28-48)54(44(2)68-60)62-37-46-23-10-4-11-24-46)35-22-36-53(43)71-61-59(67-42-51-33-20-9-21-34-51)57(65-40-49-29-16-7-17-30-49)55(45(3)69-61)63-38-47-25-12-5-13-26-47/h4-36,44-45,54-61H,37-42H2,1-3H3/t44?,45?,54-,55-,56?,57?,58?,59?,60+,61+/m1/s1. The van der Waals surface area contributed by atoms with Gasteiger partial charge in [-0.1, -0.05) is 188 Å². The molecule has 0 aromatic heterocycles. The van der Waals surface area contributed by atoms with Crippen LogP contribution in [0.5, 0.6) is 11.5 Å². The molecule has 7 aromatic rings. The highest BCUT2D eigenvalue weighted by molar-refractivity contribution is 5.44. The second-order valence-electron chi connectivity index (χ2n) is 18.1. The molecule has 368 valence electrons. The summed E-state index contributed by atoms with van der Waals surface area (Å²) in [5, 5.41) is 0. The first-order valence-corrected chi connectivity index (χ1v) is 24.6. The van der Waals surface area contributed by atoms with Crippen LogP contribution in [-0.4, -0.2) is 61.4 Å². The third-order valence-electron chi connectivity index (χ3n) is 12.9. The number of rotatable bonds is 22. The number of hydrogen-bond donors (Lipinski definition) is 0. The van der Waals surface area contributed by atoms with Crippen molar-refractivity contribution in [3.63, 3.8) is 0 Å². The van der Waals surface area contributed by atoms with E-state index in [1.54, 1.807) is 0 Å². The van der Waals surface area contributed by atoms with E-state index in [0.29, 0.717) is 51.1 Å². The number of ether oxygens (including phenoxy) is 10. The van der Waals surface area contributed by atoms with Gasteiger partial charge in [0.05, 0.1) is 51.8 Å². The van der Waals surface area contributed by atoms with Gasteiger partial charge in [-0.2, -0.15) is 0 Å². The first-order valence-electron chi connectivity index (χ1n) is 24.6. The minimum atomic E-state index is -0.897. The fourth-order valence-electron chi connectivity index (χ4n) is 9.03. The van der Waals surface area contributed by atoms with Gasteiger partial charge in [-0.05, 0) is 66.3 Å². The molecule has 0 amide bonds. The second-order valence-corrected chi connectivity index (χ2v) is 18.1. The summed E-state index contributed by atoms with van der Waals surface area (Å²) in [5.41, 5.74) is 6.89. The molecule has 10 heteroatoms. The fraction of sp³-hybridized carbons (Fsp3) is 0.311. The van der Waals surface area contributed by atoms with Gasteiger partial charge in [-0.3, -0.25) is 0 Å². The molecule has 0 aliphatic carbocycles. The van der Waals surface area contributed by atoms with Crippen LogP contribution in [0.3, 0.4) is 0 Å². The monoisotopic (exact) mass is 956 g/mol. The average Bonchev–Trinajstić information content (AvgIpc) is 3.41. The lowest BCUT2D eigenvalue weighted by Gasteiger charge is -2.45. The van der Waals surface area contributed by atoms with E-state index in [1.807, 2.05) is 197 Å². The Morgan fingerprint density at radius 2 is 0.535 bits per heavy atom. The summed E-state index contributed by atoms with van der Waals surface area (Å²) >= 11 is 0. The third kappa shape index (κ3) is 13.6. The van der Waals surface area contributed by atoms with Crippen molar-refractivity contribution in [2.45, 2.75) is 122 Å². The summed E-state index contributed by atoms with van der Waals surface area (Å²) in [6, 6.07) is 66.3. The predicted octanol–water partition coefficient (Wildman–Crippen LogP) is 11.8. The molecule has 6 unspecified atom stereocenters. The largest absolute Gasteiger partial charge is 0.462 e. The molecular weight excluding hydrogens is 893 g/mol. The van der Waals surface area contributed by atoms with Gasteiger partial charge in [-0.15, -0.1) is 0 Å². The van der Waals surface area contributed by atoms with Gasteiger partial charge in [0, 0.05) is 5.56 Å². The van der Waals surface area contributed by atoms with Gasteiger partial charge in [0.25, 0.3) is 0 Å². The lowest BCUT2D eigenvalue weighted by Crippen LogP contribution is -2.61. The zero-order valence-electron chi connectivity index (χ0n) is 40.7. The van der Waals surface area contributed by atoms with Crippen LogP contribution in [0.25, 0.3) is 0 Å². The van der Waals surface area contributed by atoms with Crippen LogP contribution in [0, 0.1) is 6.92 Å². The van der Waals surface area contributed by atoms with E-state index in [2.05, 4.69) is 24.3 Å². The Kier molecular flexibility index (Phi) is 17.7. The molecule has 2 heterocycles. The van der Waals surface area contributed by atoms with Crippen molar-refractivity contribution >= 4 is 0 Å². The van der Waals surface area contributed by atoms with Crippen LogP contribution in [-0.2, 0) is 77.5 Å². The molecule has 2 fully saturated rings. The molecule has 0 saturated carbocycles. The number of hydrogen-bond acceptors (Lipinski definition) is 10. The lowest BCUT2D eigenvalue weighted by molar-refractivity contribution is -0.301. The highest BCUT2D eigenvalue weighted by Gasteiger charge is 2.50. The summed E-state index contributed by atoms with van der Waals surface area (Å²) in [6.45, 7) is 7.97. The Balaban J connectivity index is 1.00. The van der Waals surface area contributed by atoms with Crippen LogP contribution < -0.4 is 9.47 Å². The SMILES string of the molecule is Cc1c(O[C@@H]2OC(C)[C@@H](OCc3ccccc3)C(OCc3ccccc3)C2OCc2ccccc2)cccc1O[C@@H]1OC(C)[C@@H](OCc2ccccc2)C(OCc2ccccc2)C1OCc1ccccc1. The smallest absolute Gasteiger partial charge is 0.229 e. The van der Waals surface area contributed by atoms with E-state index < -0.39 is 61.4 Å². The average molecular weight is 957 g/mol. The first kappa shape index (κ1) is 49.8. The Bertz CT molecular complexity index is 2430. The van der Waals surface area contributed by atoms with Gasteiger partial charge in [-0.25, -0.2) is 0 Å². The highest BCUT2D eigenvalue weighted by Crippen LogP contribution is 2.37. The summed E-state index contributed by atoms with van der Waals surface area (Å²) in [5.74, 6) is 1.09. The Hall–Kier alpha value is -6.18. The van der Waals surface area contributed by atoms with Crippen molar-refractivity contribution in [3.8, 4) is 11.5 Å². The predicted molar refractivity (Wildman–Crippen MR) is 271 cm³/mol. The van der Waals surface area contributed by atoms with Crippen LogP contribution in [0.15, 0.2) is 200 Å². The first-order chi connectivity index (χ1) is 34.9. The van der Waals surface area contributed by atoms with Gasteiger partial charge >= 0.3 is 0 Å². The maximum Gasteiger partial charge on any atom is 0.229 e. The van der Waals surface area contributed by atoms with Gasteiger partial charge in [0.15, 0.2) is 0 Å². The lowest BCUT2D eigenvalue weighted by atomic mass is 9.98. The maximum absolute atomic E-state index is 6.95. The number of benzene rings is 7. The van der Waals surface area contributed by atoms with E-state index in [4.69, 9.17) is 47.4 Å². The summed E-state index contributed by atoms with van der Waals surface area (Å²) in [7, 11) is 0. The quantitative estimate of drug-likeness (QED) is 0.0654. The Labute approximate surface area is 418 Å². The third-order valence-corrected chi connectivity index (χ3v) is 12.9. The molecule has 9 rings (SSSR count). The van der Waals surface area contributed by atoms with E-state index in [0.717, 1.165) is 38.9 Å². The van der Waals surface area contributed by atoms with Crippen LogP contribution in [0.1, 0.15) is 52.8 Å². The van der Waals surface area contributed by atoms with Crippen LogP contribution in [0.4, 0.5) is 0 Å². The second kappa shape index (κ2) is 25.3. The van der Waals surface area contributed by atoms with E-state index in [-0.39, 0.29) is 0 Å². The Morgan fingerprint density at radius 3 is 0.803 bits per heavy atom. The highest BCUT2D eigenvalue weighted by atomic mass is 16.7. The molecule has 2 aliphatic heterocycles. The van der Waals surface area contributed by atoms with Gasteiger partial charge < -0.3 is 47.4 Å². The van der Waals surface area contributed by atoms with E-state index in [1.165, 1.54) is 0 Å². The van der Waals surface area contributed by atoms with Crippen molar-refractivity contribution in [2.75, 3.05) is 0 Å². The summed E-state index contributed by atoms with van der Waals surface area (Å²) in [6.07, 6.45) is -6.26. The topological polar surface area (TPSA) is 92.3 Å². The van der Waals surface area contributed by atoms with E-state index in [9.17, 15) is 0 Å².